The van der Waals surface area contributed by atoms with Gasteiger partial charge in [0.2, 0.25) is 11.7 Å². The lowest BCUT2D eigenvalue weighted by molar-refractivity contribution is 0.651. The third-order valence-electron chi connectivity index (χ3n) is 11.0. The van der Waals surface area contributed by atoms with E-state index in [9.17, 15) is 0 Å². The summed E-state index contributed by atoms with van der Waals surface area (Å²) < 4.78 is 11.5. The quantitative estimate of drug-likeness (QED) is 0.182. The molecule has 0 aliphatic rings. The first-order valence-electron chi connectivity index (χ1n) is 18.5. The first-order valence-corrected chi connectivity index (χ1v) is 19.3. The average molecular weight is 720 g/mol. The molecule has 55 heavy (non-hydrogen) atoms. The van der Waals surface area contributed by atoms with Gasteiger partial charge in [-0.05, 0) is 64.0 Å². The molecule has 0 spiro atoms. The van der Waals surface area contributed by atoms with Crippen LogP contribution in [-0.4, -0.2) is 14.5 Å². The third kappa shape index (κ3) is 4.51. The van der Waals surface area contributed by atoms with Gasteiger partial charge in [0, 0.05) is 47.3 Å². The number of fused-ring (bicyclic) bond motifs is 13. The largest absolute Gasteiger partial charge is 0.437 e. The molecule has 256 valence electrons. The van der Waals surface area contributed by atoms with Crippen LogP contribution >= 0.6 is 11.3 Å². The van der Waals surface area contributed by atoms with Crippen molar-refractivity contribution in [3.63, 3.8) is 0 Å². The minimum Gasteiger partial charge on any atom is -0.437 e. The Labute approximate surface area is 319 Å². The zero-order chi connectivity index (χ0) is 36.0. The molecule has 0 radical (unpaired) electrons. The molecular formula is C50H29N3OS. The van der Waals surface area contributed by atoms with Gasteiger partial charge in [-0.25, -0.2) is 4.98 Å². The fourth-order valence-corrected chi connectivity index (χ4v) is 9.85. The number of thiophene rings is 1. The van der Waals surface area contributed by atoms with Crippen LogP contribution < -0.4 is 0 Å². The molecule has 0 unspecified atom stereocenters. The van der Waals surface area contributed by atoms with Gasteiger partial charge in [0.1, 0.15) is 5.58 Å². The molecule has 0 amide bonds. The molecule has 0 saturated carbocycles. The van der Waals surface area contributed by atoms with Crippen molar-refractivity contribution < 1.29 is 4.42 Å². The normalized spacial score (nSPS) is 12.0. The van der Waals surface area contributed by atoms with Crippen molar-refractivity contribution in [2.75, 3.05) is 0 Å². The Bertz CT molecular complexity index is 3430. The number of furan rings is 1. The number of hydrogen-bond acceptors (Lipinski definition) is 4. The van der Waals surface area contributed by atoms with E-state index in [1.165, 1.54) is 36.3 Å². The van der Waals surface area contributed by atoms with Crippen LogP contribution in [0.25, 0.3) is 114 Å². The van der Waals surface area contributed by atoms with E-state index >= 15 is 0 Å². The monoisotopic (exact) mass is 719 g/mol. The Hall–Kier alpha value is -7.08. The Morgan fingerprint density at radius 2 is 1.02 bits per heavy atom. The van der Waals surface area contributed by atoms with E-state index in [1.54, 1.807) is 0 Å². The summed E-state index contributed by atoms with van der Waals surface area (Å²) in [5.41, 5.74) is 9.86. The summed E-state index contributed by atoms with van der Waals surface area (Å²) in [4.78, 5) is 11.0. The van der Waals surface area contributed by atoms with Crippen LogP contribution in [-0.2, 0) is 0 Å². The Kier molecular flexibility index (Phi) is 6.47. The van der Waals surface area contributed by atoms with Crippen LogP contribution in [0.3, 0.4) is 0 Å². The van der Waals surface area contributed by atoms with E-state index in [2.05, 4.69) is 168 Å². The lowest BCUT2D eigenvalue weighted by atomic mass is 9.94. The minimum absolute atomic E-state index is 0.561. The van der Waals surface area contributed by atoms with Crippen molar-refractivity contribution in [1.82, 2.24) is 14.5 Å². The molecular weight excluding hydrogens is 691 g/mol. The first-order chi connectivity index (χ1) is 27.3. The molecule has 12 aromatic rings. The molecule has 0 atom stereocenters. The summed E-state index contributed by atoms with van der Waals surface area (Å²) in [7, 11) is 0. The third-order valence-corrected chi connectivity index (χ3v) is 12.2. The molecule has 0 fully saturated rings. The number of aromatic nitrogens is 3. The highest BCUT2D eigenvalue weighted by Gasteiger charge is 2.25. The lowest BCUT2D eigenvalue weighted by Crippen LogP contribution is -2.03. The Morgan fingerprint density at radius 3 is 1.76 bits per heavy atom. The maximum absolute atomic E-state index is 6.66. The number of rotatable bonds is 4. The van der Waals surface area contributed by atoms with E-state index in [0.29, 0.717) is 11.7 Å². The fourth-order valence-electron chi connectivity index (χ4n) is 8.61. The summed E-state index contributed by atoms with van der Waals surface area (Å²) in [5, 5.41) is 9.20. The molecule has 0 aliphatic heterocycles. The Morgan fingerprint density at radius 1 is 0.436 bits per heavy atom. The maximum Gasteiger partial charge on any atom is 0.238 e. The molecule has 0 N–H and O–H groups in total. The number of nitrogens with zero attached hydrogens (tertiary/aromatic N) is 3. The molecule has 0 saturated heterocycles. The summed E-state index contributed by atoms with van der Waals surface area (Å²) in [6.07, 6.45) is 0. The molecule has 8 aromatic carbocycles. The van der Waals surface area contributed by atoms with Gasteiger partial charge in [0.25, 0.3) is 0 Å². The SMILES string of the molecule is c1ccc(-c2cc(-c3ccccc3)cc(-c3nc(-n4c5ccccc5c5c6ccccc6c6sc7ccccc7c6c54)nc4oc5ccccc5c34)c2)cc1. The van der Waals surface area contributed by atoms with Crippen molar-refractivity contribution in [3.8, 4) is 39.5 Å². The maximum atomic E-state index is 6.66. The first kappa shape index (κ1) is 30.4. The van der Waals surface area contributed by atoms with Gasteiger partial charge in [0.15, 0.2) is 0 Å². The summed E-state index contributed by atoms with van der Waals surface area (Å²) >= 11 is 1.85. The van der Waals surface area contributed by atoms with Gasteiger partial charge in [-0.3, -0.25) is 4.57 Å². The minimum atomic E-state index is 0.561. The molecule has 4 aromatic heterocycles. The standard InChI is InChI=1S/C50H29N3OS/c1-3-15-30(16-4-1)32-27-33(31-17-5-2-6-18-31)29-34(28-32)46-44-38-22-10-13-25-41(38)54-49(44)52-50(51-46)53-40-24-12-9-21-37(40)43-35-19-7-8-20-36(35)48-45(47(43)53)39-23-11-14-26-42(39)55-48/h1-29H. The topological polar surface area (TPSA) is 43.9 Å². The molecule has 4 heterocycles. The van der Waals surface area contributed by atoms with Crippen molar-refractivity contribution in [3.05, 3.63) is 176 Å². The predicted octanol–water partition coefficient (Wildman–Crippen LogP) is 14.0. The second kappa shape index (κ2) is 11.7. The van der Waals surface area contributed by atoms with Crippen molar-refractivity contribution in [2.24, 2.45) is 0 Å². The molecule has 5 heteroatoms. The average Bonchev–Trinajstić information content (AvgIpc) is 3.94. The van der Waals surface area contributed by atoms with Gasteiger partial charge in [-0.2, -0.15) is 4.98 Å². The Balaban J connectivity index is 1.26. The van der Waals surface area contributed by atoms with Crippen LogP contribution in [0.15, 0.2) is 180 Å². The van der Waals surface area contributed by atoms with Crippen molar-refractivity contribution in [2.45, 2.75) is 0 Å². The highest BCUT2D eigenvalue weighted by molar-refractivity contribution is 7.27. The summed E-state index contributed by atoms with van der Waals surface area (Å²) in [6, 6.07) is 62.4. The van der Waals surface area contributed by atoms with Crippen LogP contribution in [0, 0.1) is 0 Å². The van der Waals surface area contributed by atoms with E-state index in [0.717, 1.165) is 66.3 Å². The molecule has 0 aliphatic carbocycles. The van der Waals surface area contributed by atoms with Crippen molar-refractivity contribution in [1.29, 1.82) is 0 Å². The molecule has 12 rings (SSSR count). The predicted molar refractivity (Wildman–Crippen MR) is 230 cm³/mol. The second-order valence-corrected chi connectivity index (χ2v) is 15.2. The number of hydrogen-bond donors (Lipinski definition) is 0. The van der Waals surface area contributed by atoms with Gasteiger partial charge >= 0.3 is 0 Å². The second-order valence-electron chi connectivity index (χ2n) is 14.1. The van der Waals surface area contributed by atoms with E-state index in [-0.39, 0.29) is 0 Å². The zero-order valence-corrected chi connectivity index (χ0v) is 30.2. The zero-order valence-electron chi connectivity index (χ0n) is 29.4. The van der Waals surface area contributed by atoms with Gasteiger partial charge in [-0.1, -0.05) is 140 Å². The van der Waals surface area contributed by atoms with Crippen LogP contribution in [0.2, 0.25) is 0 Å². The van der Waals surface area contributed by atoms with E-state index < -0.39 is 0 Å². The fraction of sp³-hybridized carbons (Fsp3) is 0. The van der Waals surface area contributed by atoms with Crippen LogP contribution in [0.1, 0.15) is 0 Å². The summed E-state index contributed by atoms with van der Waals surface area (Å²) in [6.45, 7) is 0. The highest BCUT2D eigenvalue weighted by atomic mass is 32.1. The molecule has 0 bridgehead atoms. The molecule has 4 nitrogen and oxygen atoms in total. The van der Waals surface area contributed by atoms with Crippen LogP contribution in [0.4, 0.5) is 0 Å². The number of benzene rings is 8. The smallest absolute Gasteiger partial charge is 0.238 e. The van der Waals surface area contributed by atoms with Crippen LogP contribution in [0.5, 0.6) is 0 Å². The van der Waals surface area contributed by atoms with E-state index in [1.807, 2.05) is 23.5 Å². The van der Waals surface area contributed by atoms with E-state index in [4.69, 9.17) is 14.4 Å². The summed E-state index contributed by atoms with van der Waals surface area (Å²) in [5.74, 6) is 0.575. The van der Waals surface area contributed by atoms with Crippen molar-refractivity contribution >= 4 is 86.2 Å². The van der Waals surface area contributed by atoms with Gasteiger partial charge < -0.3 is 4.42 Å². The van der Waals surface area contributed by atoms with Gasteiger partial charge in [-0.15, -0.1) is 11.3 Å². The van der Waals surface area contributed by atoms with Gasteiger partial charge in [0.05, 0.1) is 22.1 Å². The highest BCUT2D eigenvalue weighted by Crippen LogP contribution is 2.48. The lowest BCUT2D eigenvalue weighted by Gasteiger charge is -2.14. The number of para-hydroxylation sites is 2.